The fraction of sp³-hybridized carbons (Fsp3) is 0. The van der Waals surface area contributed by atoms with E-state index in [9.17, 15) is 0 Å². The van der Waals surface area contributed by atoms with E-state index >= 15 is 0 Å². The highest BCUT2D eigenvalue weighted by Crippen LogP contribution is 2.23. The van der Waals surface area contributed by atoms with Crippen molar-refractivity contribution in [3.8, 4) is 5.69 Å². The molecule has 84 valence electrons. The molecule has 0 bridgehead atoms. The van der Waals surface area contributed by atoms with E-state index in [1.807, 2.05) is 24.3 Å². The second-order valence-corrected chi connectivity index (χ2v) is 4.41. The van der Waals surface area contributed by atoms with Crippen LogP contribution in [0.2, 0.25) is 10.0 Å². The Morgan fingerprint density at radius 3 is 2.53 bits per heavy atom. The minimum absolute atomic E-state index is 0.648. The van der Waals surface area contributed by atoms with Crippen molar-refractivity contribution < 1.29 is 0 Å². The molecular weight excluding hydrogens is 257 g/mol. The van der Waals surface area contributed by atoms with Crippen LogP contribution in [0.1, 0.15) is 0 Å². The lowest BCUT2D eigenvalue weighted by molar-refractivity contribution is 0.897. The Kier molecular flexibility index (Phi) is 2.50. The van der Waals surface area contributed by atoms with Crippen LogP contribution in [0.3, 0.4) is 0 Å². The molecule has 0 amide bonds. The maximum Gasteiger partial charge on any atom is 0.164 e. The van der Waals surface area contributed by atoms with Gasteiger partial charge in [0.25, 0.3) is 0 Å². The Labute approximate surface area is 108 Å². The van der Waals surface area contributed by atoms with Crippen molar-refractivity contribution in [2.75, 3.05) is 0 Å². The molecule has 3 rings (SSSR count). The van der Waals surface area contributed by atoms with Crippen LogP contribution in [-0.4, -0.2) is 14.8 Å². The largest absolute Gasteiger partial charge is 0.236 e. The van der Waals surface area contributed by atoms with Crippen LogP contribution in [-0.2, 0) is 0 Å². The lowest BCUT2D eigenvalue weighted by Crippen LogP contribution is -1.96. The normalized spacial score (nSPS) is 10.9. The fourth-order valence-electron chi connectivity index (χ4n) is 1.67. The smallest absolute Gasteiger partial charge is 0.164 e. The molecule has 2 heterocycles. The predicted octanol–water partition coefficient (Wildman–Crippen LogP) is 3.73. The number of hydrogen-bond acceptors (Lipinski definition) is 2. The van der Waals surface area contributed by atoms with Crippen LogP contribution in [0.5, 0.6) is 0 Å². The summed E-state index contributed by atoms with van der Waals surface area (Å²) in [7, 11) is 0. The van der Waals surface area contributed by atoms with Gasteiger partial charge in [-0.15, -0.1) is 0 Å². The van der Waals surface area contributed by atoms with E-state index < -0.39 is 0 Å². The molecule has 0 aliphatic heterocycles. The van der Waals surface area contributed by atoms with Crippen molar-refractivity contribution in [3.63, 3.8) is 0 Å². The Balaban J connectivity index is 2.24. The summed E-state index contributed by atoms with van der Waals surface area (Å²) >= 11 is 11.9. The number of hydrogen-bond donors (Lipinski definition) is 0. The molecule has 0 atom stereocenters. The Morgan fingerprint density at radius 2 is 1.76 bits per heavy atom. The lowest BCUT2D eigenvalue weighted by Gasteiger charge is -2.02. The molecule has 0 radical (unpaired) electrons. The molecule has 0 aliphatic rings. The minimum Gasteiger partial charge on any atom is -0.236 e. The van der Waals surface area contributed by atoms with E-state index in [4.69, 9.17) is 23.2 Å². The first kappa shape index (κ1) is 10.6. The van der Waals surface area contributed by atoms with Crippen LogP contribution in [0, 0.1) is 0 Å². The van der Waals surface area contributed by atoms with Crippen molar-refractivity contribution in [2.24, 2.45) is 0 Å². The van der Waals surface area contributed by atoms with Gasteiger partial charge >= 0.3 is 0 Å². The third-order valence-electron chi connectivity index (χ3n) is 2.49. The van der Waals surface area contributed by atoms with Gasteiger partial charge in [-0.05, 0) is 30.3 Å². The summed E-state index contributed by atoms with van der Waals surface area (Å²) in [4.78, 5) is 4.28. The van der Waals surface area contributed by atoms with Crippen LogP contribution in [0.25, 0.3) is 16.7 Å². The first-order chi connectivity index (χ1) is 8.25. The zero-order chi connectivity index (χ0) is 11.8. The topological polar surface area (TPSA) is 30.7 Å². The second-order valence-electron chi connectivity index (χ2n) is 3.56. The molecule has 0 saturated heterocycles. The summed E-state index contributed by atoms with van der Waals surface area (Å²) < 4.78 is 1.73. The zero-order valence-electron chi connectivity index (χ0n) is 8.64. The van der Waals surface area contributed by atoms with Gasteiger partial charge in [-0.3, -0.25) is 0 Å². The minimum atomic E-state index is 0.648. The number of benzene rings is 1. The molecule has 2 aromatic heterocycles. The van der Waals surface area contributed by atoms with Gasteiger partial charge in [-0.2, -0.15) is 5.10 Å². The predicted molar refractivity (Wildman–Crippen MR) is 68.9 cm³/mol. The Bertz CT molecular complexity index is 674. The van der Waals surface area contributed by atoms with Crippen LogP contribution >= 0.6 is 23.2 Å². The summed E-state index contributed by atoms with van der Waals surface area (Å²) in [5.41, 5.74) is 1.64. The number of nitrogens with zero attached hydrogens (tertiary/aromatic N) is 3. The van der Waals surface area contributed by atoms with E-state index in [0.717, 1.165) is 16.7 Å². The van der Waals surface area contributed by atoms with Gasteiger partial charge in [0, 0.05) is 11.2 Å². The molecule has 0 fully saturated rings. The molecule has 3 nitrogen and oxygen atoms in total. The van der Waals surface area contributed by atoms with Crippen molar-refractivity contribution in [1.29, 1.82) is 0 Å². The average Bonchev–Trinajstić information content (AvgIpc) is 2.75. The molecule has 3 aromatic rings. The number of aromatic nitrogens is 3. The Hall–Kier alpha value is -1.58. The van der Waals surface area contributed by atoms with E-state index in [1.165, 1.54) is 0 Å². The van der Waals surface area contributed by atoms with Gasteiger partial charge in [0.05, 0.1) is 22.3 Å². The maximum absolute atomic E-state index is 6.07. The average molecular weight is 264 g/mol. The quantitative estimate of drug-likeness (QED) is 0.670. The number of rotatable bonds is 1. The molecule has 0 saturated carbocycles. The number of halogens is 2. The molecular formula is C12H7Cl2N3. The van der Waals surface area contributed by atoms with Crippen molar-refractivity contribution in [3.05, 3.63) is 52.8 Å². The molecule has 0 spiro atoms. The summed E-state index contributed by atoms with van der Waals surface area (Å²) in [5.74, 6) is 0. The van der Waals surface area contributed by atoms with Crippen LogP contribution in [0.15, 0.2) is 42.7 Å². The summed E-state index contributed by atoms with van der Waals surface area (Å²) in [6.45, 7) is 0. The van der Waals surface area contributed by atoms with E-state index in [0.29, 0.717) is 10.0 Å². The van der Waals surface area contributed by atoms with E-state index in [2.05, 4.69) is 10.1 Å². The summed E-state index contributed by atoms with van der Waals surface area (Å²) in [6, 6.07) is 9.15. The van der Waals surface area contributed by atoms with Gasteiger partial charge < -0.3 is 0 Å². The fourth-order valence-corrected chi connectivity index (χ4v) is 1.98. The summed E-state index contributed by atoms with van der Waals surface area (Å²) in [5, 5.41) is 6.46. The van der Waals surface area contributed by atoms with Crippen molar-refractivity contribution in [1.82, 2.24) is 14.8 Å². The van der Waals surface area contributed by atoms with E-state index in [-0.39, 0.29) is 0 Å². The van der Waals surface area contributed by atoms with Crippen molar-refractivity contribution in [2.45, 2.75) is 0 Å². The maximum atomic E-state index is 6.07. The van der Waals surface area contributed by atoms with E-state index in [1.54, 1.807) is 23.1 Å². The third kappa shape index (κ3) is 1.77. The monoisotopic (exact) mass is 263 g/mol. The molecule has 0 aliphatic carbocycles. The standard InChI is InChI=1S/C12H7Cl2N3/c13-8-1-3-9(4-2-8)17-12-10(7-16-17)11(14)5-6-15-12/h1-7H. The molecule has 5 heteroatoms. The SMILES string of the molecule is Clc1ccc(-n2ncc3c(Cl)ccnc32)cc1. The molecule has 17 heavy (non-hydrogen) atoms. The Morgan fingerprint density at radius 1 is 1.00 bits per heavy atom. The second kappa shape index (κ2) is 4.02. The van der Waals surface area contributed by atoms with Crippen LogP contribution in [0.4, 0.5) is 0 Å². The van der Waals surface area contributed by atoms with Gasteiger partial charge in [0.2, 0.25) is 0 Å². The lowest BCUT2D eigenvalue weighted by atomic mass is 10.3. The summed E-state index contributed by atoms with van der Waals surface area (Å²) in [6.07, 6.45) is 3.37. The zero-order valence-corrected chi connectivity index (χ0v) is 10.2. The highest BCUT2D eigenvalue weighted by atomic mass is 35.5. The molecule has 0 N–H and O–H groups in total. The molecule has 1 aromatic carbocycles. The van der Waals surface area contributed by atoms with Gasteiger partial charge in [-0.1, -0.05) is 23.2 Å². The highest BCUT2D eigenvalue weighted by molar-refractivity contribution is 6.35. The number of pyridine rings is 1. The third-order valence-corrected chi connectivity index (χ3v) is 3.07. The van der Waals surface area contributed by atoms with Crippen LogP contribution < -0.4 is 0 Å². The highest BCUT2D eigenvalue weighted by Gasteiger charge is 2.08. The van der Waals surface area contributed by atoms with Crippen molar-refractivity contribution >= 4 is 34.2 Å². The first-order valence-corrected chi connectivity index (χ1v) is 5.75. The first-order valence-electron chi connectivity index (χ1n) is 5.00. The van der Waals surface area contributed by atoms with Gasteiger partial charge in [0.1, 0.15) is 0 Å². The molecule has 0 unspecified atom stereocenters. The van der Waals surface area contributed by atoms with Gasteiger partial charge in [0.15, 0.2) is 5.65 Å². The van der Waals surface area contributed by atoms with Gasteiger partial charge in [-0.25, -0.2) is 9.67 Å². The number of fused-ring (bicyclic) bond motifs is 1.